The smallest absolute Gasteiger partial charge is 0.343 e. The molecule has 10 rings (SSSR count). The molecule has 0 aromatic heterocycles. The van der Waals surface area contributed by atoms with Gasteiger partial charge in [-0.2, -0.15) is 0 Å². The quantitative estimate of drug-likeness (QED) is 0.0329. The first-order valence-electron chi connectivity index (χ1n) is 23.9. The van der Waals surface area contributed by atoms with E-state index in [9.17, 15) is 19.2 Å². The average molecular weight is 963 g/mol. The molecule has 2 aliphatic rings. The van der Waals surface area contributed by atoms with Gasteiger partial charge in [-0.25, -0.2) is 19.2 Å². The third-order valence-corrected chi connectivity index (χ3v) is 12.6. The first kappa shape index (κ1) is 47.5. The maximum absolute atomic E-state index is 14.0. The molecule has 72 heavy (non-hydrogen) atoms. The average Bonchev–Trinajstić information content (AvgIpc) is 4.35. The zero-order valence-electron chi connectivity index (χ0n) is 39.7. The monoisotopic (exact) mass is 962 g/mol. The fourth-order valence-corrected chi connectivity index (χ4v) is 8.49. The van der Waals surface area contributed by atoms with E-state index in [4.69, 9.17) is 37.9 Å². The Balaban J connectivity index is 0.842. The molecular formula is C60H50O12. The van der Waals surface area contributed by atoms with E-state index in [1.807, 2.05) is 80.6 Å². The number of hydrogen-bond donors (Lipinski definition) is 0. The molecule has 8 aromatic carbocycles. The summed E-state index contributed by atoms with van der Waals surface area (Å²) in [5.74, 6) is -0.738. The van der Waals surface area contributed by atoms with Crippen LogP contribution in [0.4, 0.5) is 0 Å². The number of hydrogen-bond acceptors (Lipinski definition) is 12. The van der Waals surface area contributed by atoms with Gasteiger partial charge >= 0.3 is 23.9 Å². The number of benzene rings is 8. The minimum Gasteiger partial charge on any atom is -0.493 e. The van der Waals surface area contributed by atoms with Crippen LogP contribution in [-0.2, 0) is 20.6 Å². The highest BCUT2D eigenvalue weighted by Gasteiger charge is 2.25. The second-order valence-electron chi connectivity index (χ2n) is 17.8. The van der Waals surface area contributed by atoms with Crippen LogP contribution >= 0.6 is 0 Å². The first-order chi connectivity index (χ1) is 35.1. The molecule has 2 heterocycles. The lowest BCUT2D eigenvalue weighted by molar-refractivity contribution is 0.0719. The van der Waals surface area contributed by atoms with Crippen LogP contribution in [0, 0.1) is 13.8 Å². The Morgan fingerprint density at radius 2 is 0.958 bits per heavy atom. The number of aryl methyl sites for hydroxylation is 2. The molecule has 2 aliphatic heterocycles. The fraction of sp³-hybridized carbons (Fsp3) is 0.200. The van der Waals surface area contributed by atoms with Crippen molar-refractivity contribution in [3.63, 3.8) is 0 Å². The Morgan fingerprint density at radius 1 is 0.486 bits per heavy atom. The Bertz CT molecular complexity index is 3090. The van der Waals surface area contributed by atoms with Crippen LogP contribution in [0.3, 0.4) is 0 Å². The van der Waals surface area contributed by atoms with E-state index in [1.54, 1.807) is 54.6 Å². The fourth-order valence-electron chi connectivity index (χ4n) is 8.49. The summed E-state index contributed by atoms with van der Waals surface area (Å²) in [6.07, 6.45) is 3.13. The lowest BCUT2D eigenvalue weighted by Crippen LogP contribution is -2.12. The molecule has 362 valence electrons. The van der Waals surface area contributed by atoms with Gasteiger partial charge in [0.25, 0.3) is 0 Å². The van der Waals surface area contributed by atoms with Crippen molar-refractivity contribution < 1.29 is 57.1 Å². The molecule has 0 saturated carbocycles. The largest absolute Gasteiger partial charge is 0.493 e. The Kier molecular flexibility index (Phi) is 14.2. The molecule has 0 N–H and O–H groups in total. The summed E-state index contributed by atoms with van der Waals surface area (Å²) < 4.78 is 45.8. The molecule has 0 aliphatic carbocycles. The van der Waals surface area contributed by atoms with Gasteiger partial charge in [-0.1, -0.05) is 66.7 Å². The molecule has 0 amide bonds. The molecule has 0 bridgehead atoms. The van der Waals surface area contributed by atoms with Crippen LogP contribution in [0.5, 0.6) is 28.7 Å². The van der Waals surface area contributed by atoms with Crippen molar-refractivity contribution in [3.05, 3.63) is 197 Å². The summed E-state index contributed by atoms with van der Waals surface area (Å²) in [6.45, 7) is 7.10. The van der Waals surface area contributed by atoms with E-state index in [2.05, 4.69) is 0 Å². The number of epoxide rings is 2. The molecule has 8 aromatic rings. The number of esters is 4. The SMILES string of the molecule is Cc1cc(C(=O)Oc2ccc(C(=O)Oc3ccc4ccccc4c3-c3c(OC(=O)c4ccc(OC(=O)c5ccc(OCCCC6CO6)c(C)c5)cc4)ccc4ccccc34)cc2)ccc1CCOCC1CO1. The van der Waals surface area contributed by atoms with E-state index in [0.29, 0.717) is 60.3 Å². The number of ether oxygens (including phenoxy) is 8. The van der Waals surface area contributed by atoms with Gasteiger partial charge in [0.05, 0.1) is 61.4 Å². The van der Waals surface area contributed by atoms with Crippen LogP contribution in [0.2, 0.25) is 0 Å². The minimum absolute atomic E-state index is 0.210. The Hall–Kier alpha value is -8.16. The number of carbonyl (C=O) groups is 4. The van der Waals surface area contributed by atoms with Gasteiger partial charge in [0.15, 0.2) is 0 Å². The minimum atomic E-state index is -0.659. The van der Waals surface area contributed by atoms with Gasteiger partial charge in [0.2, 0.25) is 0 Å². The molecule has 0 spiro atoms. The maximum Gasteiger partial charge on any atom is 0.343 e. The van der Waals surface area contributed by atoms with Crippen molar-refractivity contribution in [3.8, 4) is 39.9 Å². The van der Waals surface area contributed by atoms with Crippen molar-refractivity contribution >= 4 is 45.4 Å². The van der Waals surface area contributed by atoms with Crippen LogP contribution in [-0.4, -0.2) is 69.1 Å². The standard InChI is InChI=1S/C60H50O12/c1-37-32-44(14-13-39(37)29-31-65-34-49-36-68-49)59(63)69-46-22-15-42(16-23-46)57(61)71-53-27-19-40-8-3-5-11-50(40)55(53)56-51-12-6-4-9-41(51)20-28-54(56)72-58(62)43-17-24-47(25-18-43)70-60(64)45-21-26-52(38(2)33-45)66-30-7-10-48-35-67-48/h3-6,8-9,11-28,32-33,48-49H,7,10,29-31,34-36H2,1-2H3. The van der Waals surface area contributed by atoms with Crippen molar-refractivity contribution in [2.45, 2.75) is 45.3 Å². The van der Waals surface area contributed by atoms with Crippen LogP contribution in [0.25, 0.3) is 32.7 Å². The van der Waals surface area contributed by atoms with Crippen LogP contribution in [0.1, 0.15) is 71.0 Å². The summed E-state index contributed by atoms with van der Waals surface area (Å²) in [4.78, 5) is 54.3. The van der Waals surface area contributed by atoms with Crippen molar-refractivity contribution in [2.24, 2.45) is 0 Å². The van der Waals surface area contributed by atoms with Crippen molar-refractivity contribution in [1.82, 2.24) is 0 Å². The number of rotatable bonds is 19. The molecule has 2 atom stereocenters. The van der Waals surface area contributed by atoms with E-state index >= 15 is 0 Å². The highest BCUT2D eigenvalue weighted by Crippen LogP contribution is 2.46. The molecule has 2 unspecified atom stereocenters. The number of fused-ring (bicyclic) bond motifs is 2. The third kappa shape index (κ3) is 11.4. The van der Waals surface area contributed by atoms with E-state index < -0.39 is 23.9 Å². The van der Waals surface area contributed by atoms with Crippen LogP contribution < -0.4 is 23.7 Å². The Labute approximate surface area is 415 Å². The highest BCUT2D eigenvalue weighted by molar-refractivity contribution is 6.11. The first-order valence-corrected chi connectivity index (χ1v) is 23.9. The topological polar surface area (TPSA) is 149 Å². The van der Waals surface area contributed by atoms with Gasteiger partial charge in [-0.05, 0) is 162 Å². The zero-order chi connectivity index (χ0) is 49.6. The second-order valence-corrected chi connectivity index (χ2v) is 17.8. The van der Waals surface area contributed by atoms with Gasteiger partial charge < -0.3 is 37.9 Å². The zero-order valence-corrected chi connectivity index (χ0v) is 39.7. The molecule has 0 radical (unpaired) electrons. The molecule has 12 nitrogen and oxygen atoms in total. The van der Waals surface area contributed by atoms with Crippen LogP contribution in [0.15, 0.2) is 158 Å². The molecular weight excluding hydrogens is 913 g/mol. The summed E-state index contributed by atoms with van der Waals surface area (Å²) in [6, 6.07) is 45.4. The normalized spacial score (nSPS) is 14.6. The lowest BCUT2D eigenvalue weighted by Gasteiger charge is -2.19. The van der Waals surface area contributed by atoms with Gasteiger partial charge in [0.1, 0.15) is 34.9 Å². The van der Waals surface area contributed by atoms with Gasteiger partial charge in [-0.3, -0.25) is 0 Å². The third-order valence-electron chi connectivity index (χ3n) is 12.6. The molecule has 2 fully saturated rings. The second kappa shape index (κ2) is 21.5. The van der Waals surface area contributed by atoms with Gasteiger partial charge in [0, 0.05) is 11.1 Å². The Morgan fingerprint density at radius 3 is 1.47 bits per heavy atom. The molecule has 2 saturated heterocycles. The summed E-state index contributed by atoms with van der Waals surface area (Å²) >= 11 is 0. The van der Waals surface area contributed by atoms with E-state index in [0.717, 1.165) is 64.3 Å². The number of carbonyl (C=O) groups excluding carboxylic acids is 4. The van der Waals surface area contributed by atoms with E-state index in [1.165, 1.54) is 36.4 Å². The summed E-state index contributed by atoms with van der Waals surface area (Å²) in [5.41, 5.74) is 5.10. The lowest BCUT2D eigenvalue weighted by atomic mass is 9.92. The maximum atomic E-state index is 14.0. The predicted molar refractivity (Wildman–Crippen MR) is 271 cm³/mol. The predicted octanol–water partition coefficient (Wildman–Crippen LogP) is 11.7. The van der Waals surface area contributed by atoms with E-state index in [-0.39, 0.29) is 40.2 Å². The summed E-state index contributed by atoms with van der Waals surface area (Å²) in [7, 11) is 0. The van der Waals surface area contributed by atoms with Crippen molar-refractivity contribution in [1.29, 1.82) is 0 Å². The highest BCUT2D eigenvalue weighted by atomic mass is 16.6. The van der Waals surface area contributed by atoms with Gasteiger partial charge in [-0.15, -0.1) is 0 Å². The molecule has 12 heteroatoms. The van der Waals surface area contributed by atoms with Crippen molar-refractivity contribution in [2.75, 3.05) is 33.0 Å². The summed E-state index contributed by atoms with van der Waals surface area (Å²) in [5, 5.41) is 3.23.